The fourth-order valence-electron chi connectivity index (χ4n) is 1.78. The lowest BCUT2D eigenvalue weighted by molar-refractivity contribution is 0.953. The molecule has 0 bridgehead atoms. The molecule has 0 saturated carbocycles. The van der Waals surface area contributed by atoms with Crippen molar-refractivity contribution in [2.75, 3.05) is 11.9 Å². The molecule has 3 nitrogen and oxygen atoms in total. The van der Waals surface area contributed by atoms with E-state index in [0.717, 1.165) is 46.5 Å². The Kier molecular flexibility index (Phi) is 4.38. The lowest BCUT2D eigenvalue weighted by Crippen LogP contribution is -2.07. The maximum atomic E-state index is 5.93. The first kappa shape index (κ1) is 13.8. The molecule has 0 unspecified atom stereocenters. The average Bonchev–Trinajstić information content (AvgIpc) is 2.41. The Morgan fingerprint density at radius 3 is 2.32 bits per heavy atom. The third-order valence-electron chi connectivity index (χ3n) is 2.97. The van der Waals surface area contributed by atoms with Gasteiger partial charge in [0, 0.05) is 17.1 Å². The van der Waals surface area contributed by atoms with Gasteiger partial charge in [0.25, 0.3) is 0 Å². The predicted molar refractivity (Wildman–Crippen MR) is 80.7 cm³/mol. The summed E-state index contributed by atoms with van der Waals surface area (Å²) >= 11 is 5.93. The zero-order valence-electron chi connectivity index (χ0n) is 11.5. The molecule has 19 heavy (non-hydrogen) atoms. The molecule has 1 heterocycles. The van der Waals surface area contributed by atoms with Crippen molar-refractivity contribution in [1.82, 2.24) is 9.97 Å². The van der Waals surface area contributed by atoms with Crippen LogP contribution in [-0.4, -0.2) is 16.5 Å². The van der Waals surface area contributed by atoms with Crippen molar-refractivity contribution in [2.45, 2.75) is 27.2 Å². The van der Waals surface area contributed by atoms with Crippen LogP contribution in [-0.2, 0) is 0 Å². The molecular formula is C15H18ClN3. The number of benzene rings is 1. The van der Waals surface area contributed by atoms with Gasteiger partial charge in [0.2, 0.25) is 0 Å². The molecule has 2 aromatic rings. The number of aryl methyl sites for hydroxylation is 2. The summed E-state index contributed by atoms with van der Waals surface area (Å²) in [5.41, 5.74) is 3.81. The number of hydrogen-bond acceptors (Lipinski definition) is 3. The summed E-state index contributed by atoms with van der Waals surface area (Å²) in [5.74, 6) is 0.840. The zero-order valence-corrected chi connectivity index (χ0v) is 12.3. The van der Waals surface area contributed by atoms with Crippen LogP contribution < -0.4 is 5.32 Å². The molecule has 4 heteroatoms. The predicted octanol–water partition coefficient (Wildman–Crippen LogP) is 4.24. The molecule has 0 aliphatic rings. The highest BCUT2D eigenvalue weighted by molar-refractivity contribution is 6.30. The van der Waals surface area contributed by atoms with E-state index in [0.29, 0.717) is 0 Å². The first-order chi connectivity index (χ1) is 9.11. The van der Waals surface area contributed by atoms with Gasteiger partial charge in [-0.2, -0.15) is 0 Å². The third-order valence-corrected chi connectivity index (χ3v) is 3.22. The van der Waals surface area contributed by atoms with Crippen LogP contribution in [0.5, 0.6) is 0 Å². The quantitative estimate of drug-likeness (QED) is 0.907. The minimum absolute atomic E-state index is 0.726. The summed E-state index contributed by atoms with van der Waals surface area (Å²) in [6.07, 6.45) is 1.05. The number of rotatable bonds is 4. The molecule has 2 rings (SSSR count). The average molecular weight is 276 g/mol. The Balaban J connectivity index is 2.47. The number of anilines is 1. The fraction of sp³-hybridized carbons (Fsp3) is 0.333. The number of nitrogens with one attached hydrogen (secondary N) is 1. The van der Waals surface area contributed by atoms with Crippen LogP contribution in [0.2, 0.25) is 5.02 Å². The monoisotopic (exact) mass is 275 g/mol. The molecule has 1 aromatic heterocycles. The first-order valence-electron chi connectivity index (χ1n) is 6.47. The second-order valence-electron chi connectivity index (χ2n) is 4.53. The van der Waals surface area contributed by atoms with Crippen molar-refractivity contribution in [1.29, 1.82) is 0 Å². The van der Waals surface area contributed by atoms with Crippen molar-refractivity contribution in [3.8, 4) is 11.3 Å². The van der Waals surface area contributed by atoms with E-state index in [2.05, 4.69) is 22.2 Å². The number of aromatic nitrogens is 2. The van der Waals surface area contributed by atoms with Crippen molar-refractivity contribution in [2.24, 2.45) is 0 Å². The first-order valence-corrected chi connectivity index (χ1v) is 6.84. The van der Waals surface area contributed by atoms with Crippen molar-refractivity contribution >= 4 is 17.4 Å². The summed E-state index contributed by atoms with van der Waals surface area (Å²) in [6.45, 7) is 6.97. The van der Waals surface area contributed by atoms with Crippen LogP contribution in [0.4, 0.5) is 5.82 Å². The lowest BCUT2D eigenvalue weighted by Gasteiger charge is -2.12. The molecule has 0 radical (unpaired) electrons. The Bertz CT molecular complexity index is 564. The van der Waals surface area contributed by atoms with Gasteiger partial charge in [-0.25, -0.2) is 9.97 Å². The van der Waals surface area contributed by atoms with E-state index < -0.39 is 0 Å². The van der Waals surface area contributed by atoms with Crippen LogP contribution in [0.3, 0.4) is 0 Å². The summed E-state index contributed by atoms with van der Waals surface area (Å²) in [4.78, 5) is 9.26. The summed E-state index contributed by atoms with van der Waals surface area (Å²) in [5, 5.41) is 4.06. The second kappa shape index (κ2) is 6.02. The van der Waals surface area contributed by atoms with E-state index in [1.807, 2.05) is 38.1 Å². The molecule has 0 atom stereocenters. The van der Waals surface area contributed by atoms with Gasteiger partial charge in [0.15, 0.2) is 5.82 Å². The van der Waals surface area contributed by atoms with Crippen LogP contribution >= 0.6 is 11.6 Å². The normalized spacial score (nSPS) is 10.5. The van der Waals surface area contributed by atoms with Crippen molar-refractivity contribution < 1.29 is 0 Å². The lowest BCUT2D eigenvalue weighted by atomic mass is 10.1. The highest BCUT2D eigenvalue weighted by atomic mass is 35.5. The smallest absolute Gasteiger partial charge is 0.152 e. The number of hydrogen-bond donors (Lipinski definition) is 1. The van der Waals surface area contributed by atoms with E-state index in [4.69, 9.17) is 11.6 Å². The standard InChI is InChI=1S/C15H18ClN3/c1-4-9-17-15-14(18-10(2)11(3)19-15)12-5-7-13(16)8-6-12/h5-8H,4,9H2,1-3H3,(H,17,19). The van der Waals surface area contributed by atoms with Gasteiger partial charge < -0.3 is 5.32 Å². The highest BCUT2D eigenvalue weighted by Crippen LogP contribution is 2.26. The Hall–Kier alpha value is -1.61. The molecular weight excluding hydrogens is 258 g/mol. The molecule has 100 valence electrons. The Labute approximate surface area is 119 Å². The Morgan fingerprint density at radius 1 is 1.05 bits per heavy atom. The topological polar surface area (TPSA) is 37.8 Å². The number of halogens is 1. The summed E-state index contributed by atoms with van der Waals surface area (Å²) in [6, 6.07) is 7.69. The van der Waals surface area contributed by atoms with Gasteiger partial charge in [0.1, 0.15) is 5.69 Å². The largest absolute Gasteiger partial charge is 0.368 e. The molecule has 0 aliphatic heterocycles. The van der Waals surface area contributed by atoms with E-state index >= 15 is 0 Å². The molecule has 0 spiro atoms. The van der Waals surface area contributed by atoms with Gasteiger partial charge in [-0.3, -0.25) is 0 Å². The van der Waals surface area contributed by atoms with Gasteiger partial charge in [0.05, 0.1) is 11.4 Å². The zero-order chi connectivity index (χ0) is 13.8. The van der Waals surface area contributed by atoms with Crippen LogP contribution in [0, 0.1) is 13.8 Å². The number of nitrogens with zero attached hydrogens (tertiary/aromatic N) is 2. The minimum Gasteiger partial charge on any atom is -0.368 e. The molecule has 0 amide bonds. The van der Waals surface area contributed by atoms with Crippen LogP contribution in [0.1, 0.15) is 24.7 Å². The van der Waals surface area contributed by atoms with Gasteiger partial charge in [-0.15, -0.1) is 0 Å². The molecule has 1 aromatic carbocycles. The highest BCUT2D eigenvalue weighted by Gasteiger charge is 2.10. The SMILES string of the molecule is CCCNc1nc(C)c(C)nc1-c1ccc(Cl)cc1. The maximum Gasteiger partial charge on any atom is 0.152 e. The summed E-state index contributed by atoms with van der Waals surface area (Å²) < 4.78 is 0. The van der Waals surface area contributed by atoms with Crippen LogP contribution in [0.15, 0.2) is 24.3 Å². The molecule has 1 N–H and O–H groups in total. The minimum atomic E-state index is 0.726. The van der Waals surface area contributed by atoms with Gasteiger partial charge in [-0.1, -0.05) is 30.7 Å². The third kappa shape index (κ3) is 3.24. The Morgan fingerprint density at radius 2 is 1.68 bits per heavy atom. The van der Waals surface area contributed by atoms with E-state index in [9.17, 15) is 0 Å². The molecule has 0 saturated heterocycles. The molecule has 0 aliphatic carbocycles. The van der Waals surface area contributed by atoms with E-state index in [1.165, 1.54) is 0 Å². The second-order valence-corrected chi connectivity index (χ2v) is 4.96. The van der Waals surface area contributed by atoms with E-state index in [1.54, 1.807) is 0 Å². The van der Waals surface area contributed by atoms with Crippen molar-refractivity contribution in [3.63, 3.8) is 0 Å². The van der Waals surface area contributed by atoms with Gasteiger partial charge in [-0.05, 0) is 32.4 Å². The summed E-state index contributed by atoms with van der Waals surface area (Å²) in [7, 11) is 0. The van der Waals surface area contributed by atoms with Crippen molar-refractivity contribution in [3.05, 3.63) is 40.7 Å². The molecule has 0 fully saturated rings. The van der Waals surface area contributed by atoms with Crippen LogP contribution in [0.25, 0.3) is 11.3 Å². The maximum absolute atomic E-state index is 5.93. The van der Waals surface area contributed by atoms with E-state index in [-0.39, 0.29) is 0 Å². The van der Waals surface area contributed by atoms with Gasteiger partial charge >= 0.3 is 0 Å². The fourth-order valence-corrected chi connectivity index (χ4v) is 1.90.